The second kappa shape index (κ2) is 10.3. The Bertz CT molecular complexity index is 2860. The van der Waals surface area contributed by atoms with Crippen LogP contribution in [0.3, 0.4) is 0 Å². The van der Waals surface area contributed by atoms with Crippen molar-refractivity contribution in [2.75, 3.05) is 0 Å². The van der Waals surface area contributed by atoms with Gasteiger partial charge in [0.2, 0.25) is 0 Å². The molecule has 234 valence electrons. The average molecular weight is 641 g/mol. The molecule has 0 N–H and O–H groups in total. The van der Waals surface area contributed by atoms with Gasteiger partial charge in [0.1, 0.15) is 0 Å². The van der Waals surface area contributed by atoms with E-state index in [0.717, 1.165) is 56.1 Å². The number of rotatable bonds is 4. The second-order valence-corrected chi connectivity index (χ2v) is 12.8. The first-order valence-corrected chi connectivity index (χ1v) is 16.8. The van der Waals surface area contributed by atoms with Crippen molar-refractivity contribution in [1.82, 2.24) is 28.2 Å². The minimum Gasteiger partial charge on any atom is -0.316 e. The molecule has 0 aliphatic rings. The van der Waals surface area contributed by atoms with Gasteiger partial charge < -0.3 is 9.13 Å². The number of aromatic nitrogens is 6. The van der Waals surface area contributed by atoms with Crippen molar-refractivity contribution >= 4 is 65.4 Å². The molecule has 0 radical (unpaired) electrons. The summed E-state index contributed by atoms with van der Waals surface area (Å²) in [5, 5.41) is 7.16. The molecule has 11 aromatic rings. The summed E-state index contributed by atoms with van der Waals surface area (Å²) in [6.45, 7) is 0. The van der Waals surface area contributed by atoms with Gasteiger partial charge in [-0.1, -0.05) is 72.8 Å². The van der Waals surface area contributed by atoms with Crippen LogP contribution in [0.1, 0.15) is 0 Å². The molecule has 0 bridgehead atoms. The van der Waals surface area contributed by atoms with Gasteiger partial charge in [0.05, 0.1) is 45.5 Å². The van der Waals surface area contributed by atoms with E-state index >= 15 is 0 Å². The van der Waals surface area contributed by atoms with Crippen LogP contribution in [-0.2, 0) is 0 Å². The van der Waals surface area contributed by atoms with Crippen LogP contribution in [0.25, 0.3) is 88.4 Å². The Morgan fingerprint density at radius 2 is 0.760 bits per heavy atom. The largest absolute Gasteiger partial charge is 0.316 e. The average Bonchev–Trinajstić information content (AvgIpc) is 3.94. The van der Waals surface area contributed by atoms with Crippen molar-refractivity contribution in [3.8, 4) is 23.0 Å². The van der Waals surface area contributed by atoms with Crippen LogP contribution < -0.4 is 0 Å². The van der Waals surface area contributed by atoms with Crippen molar-refractivity contribution < 1.29 is 0 Å². The molecule has 0 atom stereocenters. The number of hydrogen-bond acceptors (Lipinski definition) is 2. The number of para-hydroxylation sites is 4. The minimum absolute atomic E-state index is 0.776. The van der Waals surface area contributed by atoms with Gasteiger partial charge in [0.15, 0.2) is 11.6 Å². The molecule has 0 aliphatic carbocycles. The summed E-state index contributed by atoms with van der Waals surface area (Å²) in [6.07, 6.45) is 8.12. The summed E-state index contributed by atoms with van der Waals surface area (Å²) < 4.78 is 8.98. The first-order valence-electron chi connectivity index (χ1n) is 16.8. The summed E-state index contributed by atoms with van der Waals surface area (Å²) in [6, 6.07) is 51.7. The lowest BCUT2D eigenvalue weighted by Gasteiger charge is -2.11. The molecule has 11 rings (SSSR count). The number of hydrogen-bond donors (Lipinski definition) is 0. The third-order valence-electron chi connectivity index (χ3n) is 10.1. The zero-order valence-electron chi connectivity index (χ0n) is 26.8. The number of nitrogens with zero attached hydrogens (tertiary/aromatic N) is 6. The van der Waals surface area contributed by atoms with Gasteiger partial charge in [-0.2, -0.15) is 0 Å². The molecule has 5 heterocycles. The van der Waals surface area contributed by atoms with Crippen molar-refractivity contribution in [3.63, 3.8) is 0 Å². The molecule has 0 saturated carbocycles. The Balaban J connectivity index is 1.11. The van der Waals surface area contributed by atoms with Crippen molar-refractivity contribution in [3.05, 3.63) is 170 Å². The fourth-order valence-electron chi connectivity index (χ4n) is 7.86. The quantitative estimate of drug-likeness (QED) is 0.192. The maximum absolute atomic E-state index is 5.12. The lowest BCUT2D eigenvalue weighted by atomic mass is 10.1. The third-order valence-corrected chi connectivity index (χ3v) is 10.1. The van der Waals surface area contributed by atoms with Crippen LogP contribution in [0.15, 0.2) is 170 Å². The van der Waals surface area contributed by atoms with E-state index in [1.165, 1.54) is 32.3 Å². The highest BCUT2D eigenvalue weighted by atomic mass is 15.1. The molecule has 5 aromatic heterocycles. The van der Waals surface area contributed by atoms with Gasteiger partial charge in [-0.3, -0.25) is 9.13 Å². The summed E-state index contributed by atoms with van der Waals surface area (Å²) >= 11 is 0. The fourth-order valence-corrected chi connectivity index (χ4v) is 7.86. The first kappa shape index (κ1) is 27.1. The zero-order chi connectivity index (χ0) is 32.8. The van der Waals surface area contributed by atoms with Gasteiger partial charge in [0.25, 0.3) is 0 Å². The highest BCUT2D eigenvalue weighted by molar-refractivity contribution is 6.14. The molecule has 0 saturated heterocycles. The van der Waals surface area contributed by atoms with E-state index < -0.39 is 0 Å². The molecule has 6 nitrogen and oxygen atoms in total. The zero-order valence-corrected chi connectivity index (χ0v) is 26.8. The predicted octanol–water partition coefficient (Wildman–Crippen LogP) is 10.6. The van der Waals surface area contributed by atoms with Crippen LogP contribution in [-0.4, -0.2) is 28.2 Å². The first-order chi connectivity index (χ1) is 24.8. The van der Waals surface area contributed by atoms with E-state index in [-0.39, 0.29) is 0 Å². The van der Waals surface area contributed by atoms with Crippen molar-refractivity contribution in [2.24, 2.45) is 0 Å². The Labute approximate surface area is 286 Å². The molecule has 0 fully saturated rings. The molecule has 0 unspecified atom stereocenters. The molecule has 50 heavy (non-hydrogen) atoms. The Morgan fingerprint density at radius 3 is 1.20 bits per heavy atom. The SMILES string of the molecule is c1ccc(-n2ccc3cc4c5ccccc5n(-c5cnc(-n6c7ccccc7c7cc8ccn(-c9ccccc9)c8cc76)cn5)c4cc32)cc1. The van der Waals surface area contributed by atoms with Gasteiger partial charge >= 0.3 is 0 Å². The monoisotopic (exact) mass is 640 g/mol. The van der Waals surface area contributed by atoms with Crippen LogP contribution in [0, 0.1) is 0 Å². The van der Waals surface area contributed by atoms with Gasteiger partial charge in [-0.15, -0.1) is 0 Å². The Kier molecular flexibility index (Phi) is 5.57. The summed E-state index contributed by atoms with van der Waals surface area (Å²) in [7, 11) is 0. The van der Waals surface area contributed by atoms with Crippen molar-refractivity contribution in [1.29, 1.82) is 0 Å². The predicted molar refractivity (Wildman–Crippen MR) is 204 cm³/mol. The number of benzene rings is 6. The van der Waals surface area contributed by atoms with E-state index in [1.54, 1.807) is 0 Å². The molecule has 0 aliphatic heterocycles. The van der Waals surface area contributed by atoms with Gasteiger partial charge in [0, 0.05) is 56.1 Å². The molecule has 0 spiro atoms. The molecular weight excluding hydrogens is 613 g/mol. The van der Waals surface area contributed by atoms with E-state index in [4.69, 9.17) is 9.97 Å². The summed E-state index contributed by atoms with van der Waals surface area (Å²) in [4.78, 5) is 10.2. The van der Waals surface area contributed by atoms with E-state index in [0.29, 0.717) is 0 Å². The summed E-state index contributed by atoms with van der Waals surface area (Å²) in [5.74, 6) is 1.55. The molecule has 0 amide bonds. The normalized spacial score (nSPS) is 12.0. The maximum Gasteiger partial charge on any atom is 0.156 e. The molecule has 6 aromatic carbocycles. The minimum atomic E-state index is 0.776. The highest BCUT2D eigenvalue weighted by Gasteiger charge is 2.19. The Morgan fingerprint density at radius 1 is 0.340 bits per heavy atom. The highest BCUT2D eigenvalue weighted by Crippen LogP contribution is 2.37. The van der Waals surface area contributed by atoms with E-state index in [2.05, 4.69) is 176 Å². The van der Waals surface area contributed by atoms with Gasteiger partial charge in [-0.05, 0) is 72.8 Å². The van der Waals surface area contributed by atoms with Crippen LogP contribution >= 0.6 is 0 Å². The molecular formula is C44H28N6. The molecule has 6 heteroatoms. The van der Waals surface area contributed by atoms with E-state index in [1.807, 2.05) is 12.4 Å². The fraction of sp³-hybridized carbons (Fsp3) is 0. The van der Waals surface area contributed by atoms with Crippen molar-refractivity contribution in [2.45, 2.75) is 0 Å². The number of fused-ring (bicyclic) bond motifs is 8. The third kappa shape index (κ3) is 3.84. The van der Waals surface area contributed by atoms with Gasteiger partial charge in [-0.25, -0.2) is 9.97 Å². The Hall–Kier alpha value is -6.92. The topological polar surface area (TPSA) is 45.5 Å². The maximum atomic E-state index is 5.12. The van der Waals surface area contributed by atoms with Crippen LogP contribution in [0.4, 0.5) is 0 Å². The lowest BCUT2D eigenvalue weighted by molar-refractivity contribution is 0.988. The van der Waals surface area contributed by atoms with Crippen LogP contribution in [0.5, 0.6) is 0 Å². The summed E-state index contributed by atoms with van der Waals surface area (Å²) in [5.41, 5.74) is 8.95. The van der Waals surface area contributed by atoms with Crippen LogP contribution in [0.2, 0.25) is 0 Å². The van der Waals surface area contributed by atoms with E-state index in [9.17, 15) is 0 Å². The smallest absolute Gasteiger partial charge is 0.156 e. The standard InChI is InChI=1S/C44H28N6/c1-3-11-31(12-4-1)47-21-19-29-23-35-33-15-7-9-17-37(33)49(41(35)25-39(29)47)43-27-46-44(28-45-43)50-38-18-10-8-16-34(38)36-24-30-20-22-48(40(30)26-42(36)50)32-13-5-2-6-14-32/h1-28H. The lowest BCUT2D eigenvalue weighted by Crippen LogP contribution is -2.03. The second-order valence-electron chi connectivity index (χ2n) is 12.8.